The molecule has 1 amide bonds. The van der Waals surface area contributed by atoms with Gasteiger partial charge in [0.25, 0.3) is 0 Å². The van der Waals surface area contributed by atoms with Gasteiger partial charge in [-0.05, 0) is 18.6 Å². The highest BCUT2D eigenvalue weighted by atomic mass is 19.1. The van der Waals surface area contributed by atoms with Crippen molar-refractivity contribution in [1.82, 2.24) is 0 Å². The molecule has 88 valence electrons. The van der Waals surface area contributed by atoms with E-state index in [0.717, 1.165) is 12.8 Å². The lowest BCUT2D eigenvalue weighted by atomic mass is 10.2. The molecule has 0 aliphatic carbocycles. The molecule has 0 aliphatic rings. The van der Waals surface area contributed by atoms with Crippen molar-refractivity contribution < 1.29 is 13.9 Å². The number of rotatable bonds is 4. The molecule has 0 heterocycles. The maximum absolute atomic E-state index is 13.2. The van der Waals surface area contributed by atoms with Crippen molar-refractivity contribution in [2.75, 3.05) is 17.7 Å². The second-order valence-corrected chi connectivity index (χ2v) is 3.32. The van der Waals surface area contributed by atoms with E-state index < -0.39 is 11.9 Å². The second-order valence-electron chi connectivity index (χ2n) is 3.32. The van der Waals surface area contributed by atoms with Gasteiger partial charge in [0.15, 0.2) is 0 Å². The monoisotopic (exact) mass is 226 g/mol. The van der Waals surface area contributed by atoms with Crippen molar-refractivity contribution >= 4 is 17.5 Å². The minimum atomic E-state index is -0.690. The zero-order valence-electron chi connectivity index (χ0n) is 9.13. The normalized spacial score (nSPS) is 9.88. The Morgan fingerprint density at radius 1 is 1.56 bits per heavy atom. The third-order valence-corrected chi connectivity index (χ3v) is 2.00. The SMILES string of the molecule is CCCCOC(=O)Nc1c(N)cccc1F. The quantitative estimate of drug-likeness (QED) is 0.613. The number of carbonyl (C=O) groups is 1. The Kier molecular flexibility index (Phi) is 4.57. The first-order chi connectivity index (χ1) is 7.65. The Labute approximate surface area is 93.6 Å². The summed E-state index contributed by atoms with van der Waals surface area (Å²) < 4.78 is 18.1. The fraction of sp³-hybridized carbons (Fsp3) is 0.364. The molecule has 0 bridgehead atoms. The number of unbranched alkanes of at least 4 members (excludes halogenated alkanes) is 1. The van der Waals surface area contributed by atoms with Gasteiger partial charge in [-0.25, -0.2) is 9.18 Å². The predicted molar refractivity (Wildman–Crippen MR) is 60.7 cm³/mol. The summed E-state index contributed by atoms with van der Waals surface area (Å²) in [6.45, 7) is 2.30. The van der Waals surface area contributed by atoms with Crippen LogP contribution in [-0.4, -0.2) is 12.7 Å². The van der Waals surface area contributed by atoms with E-state index in [9.17, 15) is 9.18 Å². The number of nitrogens with one attached hydrogen (secondary N) is 1. The molecule has 0 radical (unpaired) electrons. The van der Waals surface area contributed by atoms with Crippen molar-refractivity contribution in [3.05, 3.63) is 24.0 Å². The molecular formula is C11H15FN2O2. The van der Waals surface area contributed by atoms with Gasteiger partial charge in [0, 0.05) is 0 Å². The molecule has 0 saturated heterocycles. The highest BCUT2D eigenvalue weighted by Crippen LogP contribution is 2.21. The highest BCUT2D eigenvalue weighted by molar-refractivity contribution is 5.89. The minimum Gasteiger partial charge on any atom is -0.449 e. The lowest BCUT2D eigenvalue weighted by Crippen LogP contribution is -2.16. The summed E-state index contributed by atoms with van der Waals surface area (Å²) in [5, 5.41) is 2.28. The molecular weight excluding hydrogens is 211 g/mol. The number of hydrogen-bond acceptors (Lipinski definition) is 3. The molecule has 16 heavy (non-hydrogen) atoms. The summed E-state index contributed by atoms with van der Waals surface area (Å²) in [5.74, 6) is -0.576. The summed E-state index contributed by atoms with van der Waals surface area (Å²) in [4.78, 5) is 11.2. The van der Waals surface area contributed by atoms with Crippen LogP contribution in [0.15, 0.2) is 18.2 Å². The van der Waals surface area contributed by atoms with Gasteiger partial charge in [-0.2, -0.15) is 0 Å². The first-order valence-electron chi connectivity index (χ1n) is 5.13. The molecule has 0 atom stereocenters. The summed E-state index contributed by atoms with van der Waals surface area (Å²) in [5.41, 5.74) is 5.65. The number of nitrogen functional groups attached to an aromatic ring is 1. The van der Waals surface area contributed by atoms with E-state index >= 15 is 0 Å². The molecule has 1 rings (SSSR count). The van der Waals surface area contributed by atoms with Crippen molar-refractivity contribution in [3.63, 3.8) is 0 Å². The predicted octanol–water partition coefficient (Wildman–Crippen LogP) is 2.76. The van der Waals surface area contributed by atoms with Gasteiger partial charge < -0.3 is 10.5 Å². The van der Waals surface area contributed by atoms with Crippen molar-refractivity contribution in [2.45, 2.75) is 19.8 Å². The van der Waals surface area contributed by atoms with E-state index in [2.05, 4.69) is 5.32 Å². The van der Waals surface area contributed by atoms with Gasteiger partial charge in [0.05, 0.1) is 12.3 Å². The third kappa shape index (κ3) is 3.42. The van der Waals surface area contributed by atoms with Crippen LogP contribution in [0.5, 0.6) is 0 Å². The van der Waals surface area contributed by atoms with Crippen molar-refractivity contribution in [3.8, 4) is 0 Å². The van der Waals surface area contributed by atoms with Gasteiger partial charge in [0.1, 0.15) is 11.5 Å². The fourth-order valence-corrected chi connectivity index (χ4v) is 1.12. The molecule has 1 aromatic rings. The lowest BCUT2D eigenvalue weighted by molar-refractivity contribution is 0.160. The fourth-order valence-electron chi connectivity index (χ4n) is 1.12. The van der Waals surface area contributed by atoms with Crippen LogP contribution in [0, 0.1) is 5.82 Å². The smallest absolute Gasteiger partial charge is 0.411 e. The standard InChI is InChI=1S/C11H15FN2O2/c1-2-3-7-16-11(15)14-10-8(12)5-4-6-9(10)13/h4-6H,2-3,7,13H2,1H3,(H,14,15). The average Bonchev–Trinajstić information content (AvgIpc) is 2.24. The van der Waals surface area contributed by atoms with Gasteiger partial charge in [-0.1, -0.05) is 19.4 Å². The number of carbonyl (C=O) groups excluding carboxylic acids is 1. The van der Waals surface area contributed by atoms with E-state index in [1.54, 1.807) is 0 Å². The Bertz CT molecular complexity index is 349. The maximum Gasteiger partial charge on any atom is 0.411 e. The largest absolute Gasteiger partial charge is 0.449 e. The molecule has 0 unspecified atom stereocenters. The van der Waals surface area contributed by atoms with Crippen LogP contribution >= 0.6 is 0 Å². The summed E-state index contributed by atoms with van der Waals surface area (Å²) in [6, 6.07) is 4.20. The van der Waals surface area contributed by atoms with Crippen molar-refractivity contribution in [1.29, 1.82) is 0 Å². The van der Waals surface area contributed by atoms with Crippen LogP contribution in [0.1, 0.15) is 19.8 Å². The first kappa shape index (κ1) is 12.3. The number of ether oxygens (including phenoxy) is 1. The number of amides is 1. The second kappa shape index (κ2) is 5.95. The lowest BCUT2D eigenvalue weighted by Gasteiger charge is -2.09. The Balaban J connectivity index is 2.56. The van der Waals surface area contributed by atoms with Crippen LogP contribution < -0.4 is 11.1 Å². The van der Waals surface area contributed by atoms with Crippen molar-refractivity contribution in [2.24, 2.45) is 0 Å². The van der Waals surface area contributed by atoms with E-state index in [4.69, 9.17) is 10.5 Å². The summed E-state index contributed by atoms with van der Waals surface area (Å²) >= 11 is 0. The minimum absolute atomic E-state index is 0.0380. The van der Waals surface area contributed by atoms with Crippen LogP contribution in [0.25, 0.3) is 0 Å². The maximum atomic E-state index is 13.2. The molecule has 0 spiro atoms. The molecule has 0 fully saturated rings. The number of halogens is 1. The number of anilines is 2. The molecule has 0 saturated carbocycles. The Hall–Kier alpha value is -1.78. The van der Waals surface area contributed by atoms with Gasteiger partial charge in [-0.15, -0.1) is 0 Å². The van der Waals surface area contributed by atoms with E-state index in [1.807, 2.05) is 6.92 Å². The average molecular weight is 226 g/mol. The molecule has 0 aromatic heterocycles. The van der Waals surface area contributed by atoms with E-state index in [-0.39, 0.29) is 11.4 Å². The number of para-hydroxylation sites is 1. The summed E-state index contributed by atoms with van der Waals surface area (Å²) in [7, 11) is 0. The van der Waals surface area contributed by atoms with Crippen LogP contribution in [0.2, 0.25) is 0 Å². The van der Waals surface area contributed by atoms with Crippen LogP contribution in [-0.2, 0) is 4.74 Å². The number of nitrogens with two attached hydrogens (primary N) is 1. The number of benzene rings is 1. The Morgan fingerprint density at radius 3 is 2.94 bits per heavy atom. The summed E-state index contributed by atoms with van der Waals surface area (Å²) in [6.07, 6.45) is 1.01. The molecule has 0 aliphatic heterocycles. The molecule has 3 N–H and O–H groups in total. The van der Waals surface area contributed by atoms with Crippen LogP contribution in [0.3, 0.4) is 0 Å². The van der Waals surface area contributed by atoms with E-state index in [1.165, 1.54) is 18.2 Å². The topological polar surface area (TPSA) is 64.3 Å². The van der Waals surface area contributed by atoms with Gasteiger partial charge in [-0.3, -0.25) is 5.32 Å². The molecule has 1 aromatic carbocycles. The first-order valence-corrected chi connectivity index (χ1v) is 5.13. The van der Waals surface area contributed by atoms with E-state index in [0.29, 0.717) is 6.61 Å². The Morgan fingerprint density at radius 2 is 2.31 bits per heavy atom. The van der Waals surface area contributed by atoms with Crippen LogP contribution in [0.4, 0.5) is 20.6 Å². The molecule has 5 heteroatoms. The zero-order valence-corrected chi connectivity index (χ0v) is 9.13. The molecule has 4 nitrogen and oxygen atoms in total. The zero-order chi connectivity index (χ0) is 12.0. The highest BCUT2D eigenvalue weighted by Gasteiger charge is 2.10. The van der Waals surface area contributed by atoms with Gasteiger partial charge >= 0.3 is 6.09 Å². The van der Waals surface area contributed by atoms with Gasteiger partial charge in [0.2, 0.25) is 0 Å². The third-order valence-electron chi connectivity index (χ3n) is 2.00. The number of hydrogen-bond donors (Lipinski definition) is 2.